The molecule has 2 aromatic rings. The Bertz CT molecular complexity index is 507. The molecule has 0 aliphatic carbocycles. The second-order valence-corrected chi connectivity index (χ2v) is 6.64. The number of hydrogen-bond acceptors (Lipinski definition) is 0. The van der Waals surface area contributed by atoms with E-state index in [0.29, 0.717) is 0 Å². The van der Waals surface area contributed by atoms with Crippen LogP contribution >= 0.6 is 0 Å². The summed E-state index contributed by atoms with van der Waals surface area (Å²) in [5, 5.41) is 0. The number of aryl methyl sites for hydroxylation is 4. The quantitative estimate of drug-likeness (QED) is 0.457. The summed E-state index contributed by atoms with van der Waals surface area (Å²) in [4.78, 5) is 0. The van der Waals surface area contributed by atoms with Gasteiger partial charge in [0.15, 0.2) is 0 Å². The summed E-state index contributed by atoms with van der Waals surface area (Å²) in [7, 11) is 0. The maximum absolute atomic E-state index is 2.34. The fourth-order valence-electron chi connectivity index (χ4n) is 2.97. The Morgan fingerprint density at radius 3 is 1.17 bits per heavy atom. The first-order valence-corrected chi connectivity index (χ1v) is 9.89. The molecule has 0 bridgehead atoms. The van der Waals surface area contributed by atoms with Gasteiger partial charge in [-0.05, 0) is 47.9 Å². The van der Waals surface area contributed by atoms with Gasteiger partial charge in [0, 0.05) is 5.71 Å². The van der Waals surface area contributed by atoms with Crippen molar-refractivity contribution >= 4 is 0 Å². The van der Waals surface area contributed by atoms with Gasteiger partial charge in [0.1, 0.15) is 0 Å². The summed E-state index contributed by atoms with van der Waals surface area (Å²) < 4.78 is 0. The van der Waals surface area contributed by atoms with Gasteiger partial charge in [-0.15, -0.1) is 0 Å². The van der Waals surface area contributed by atoms with E-state index in [1.807, 2.05) is 0 Å². The van der Waals surface area contributed by atoms with Crippen LogP contribution in [0, 0.1) is 0 Å². The van der Waals surface area contributed by atoms with Gasteiger partial charge in [0.25, 0.3) is 0 Å². The fourth-order valence-corrected chi connectivity index (χ4v) is 2.97. The van der Waals surface area contributed by atoms with Crippen LogP contribution in [0.25, 0.3) is 0 Å². The van der Waals surface area contributed by atoms with E-state index in [0.717, 1.165) is 0 Å². The van der Waals surface area contributed by atoms with Crippen molar-refractivity contribution in [1.29, 1.82) is 0 Å². The van der Waals surface area contributed by atoms with Gasteiger partial charge >= 0.3 is 0 Å². The zero-order valence-electron chi connectivity index (χ0n) is 16.3. The van der Waals surface area contributed by atoms with Crippen LogP contribution in [0.2, 0.25) is 0 Å². The highest BCUT2D eigenvalue weighted by Crippen LogP contribution is 2.09. The topological polar surface area (TPSA) is 0 Å². The molecule has 0 atom stereocenters. The van der Waals surface area contributed by atoms with Crippen molar-refractivity contribution in [3.8, 4) is 0 Å². The number of benzene rings is 2. The lowest BCUT2D eigenvalue weighted by molar-refractivity contribution is 0.895. The highest BCUT2D eigenvalue weighted by molar-refractivity contribution is 5.24. The smallest absolute Gasteiger partial charge is 0 e. The largest absolute Gasteiger partial charge is 0.0651 e. The first-order valence-electron chi connectivity index (χ1n) is 9.89. The van der Waals surface area contributed by atoms with Gasteiger partial charge in [-0.2, -0.15) is 0 Å². The summed E-state index contributed by atoms with van der Waals surface area (Å²) in [6.07, 6.45) is 9.85. The number of hydrogen-bond donors (Lipinski definition) is 0. The zero-order chi connectivity index (χ0) is 17.6. The highest BCUT2D eigenvalue weighted by atomic mass is 14.0. The van der Waals surface area contributed by atoms with Crippen molar-refractivity contribution in [2.24, 2.45) is 0 Å². The molecule has 2 rings (SSSR count). The van der Waals surface area contributed by atoms with Crippen LogP contribution in [0.15, 0.2) is 48.5 Å². The Hall–Kier alpha value is -1.56. The Morgan fingerprint density at radius 2 is 0.833 bits per heavy atom. The van der Waals surface area contributed by atoms with Crippen LogP contribution in [0.3, 0.4) is 0 Å². The van der Waals surface area contributed by atoms with E-state index in [2.05, 4.69) is 76.2 Å². The summed E-state index contributed by atoms with van der Waals surface area (Å²) in [6, 6.07) is 18.0. The normalized spacial score (nSPS) is 10.2. The molecule has 0 saturated heterocycles. The molecule has 0 heterocycles. The van der Waals surface area contributed by atoms with Crippen LogP contribution in [0.4, 0.5) is 0 Å². The molecule has 0 aromatic heterocycles. The van der Waals surface area contributed by atoms with Gasteiger partial charge in [-0.3, -0.25) is 0 Å². The second-order valence-electron chi connectivity index (χ2n) is 6.64. The molecule has 0 heteroatoms. The minimum absolute atomic E-state index is 0. The van der Waals surface area contributed by atoms with Crippen molar-refractivity contribution in [2.45, 2.75) is 79.1 Å². The van der Waals surface area contributed by atoms with Crippen molar-refractivity contribution < 1.29 is 5.71 Å². The van der Waals surface area contributed by atoms with E-state index in [1.165, 1.54) is 73.6 Å². The minimum Gasteiger partial charge on any atom is -0.0651 e. The molecule has 0 spiro atoms. The van der Waals surface area contributed by atoms with E-state index >= 15 is 0 Å². The SMILES string of the molecule is CCCc1ccc(CCC)cc1.CCCc1cccc(CCC)c1.[HH].[HH].[HH].[HH]. The highest BCUT2D eigenvalue weighted by Gasteiger charge is 1.94. The molecule has 0 unspecified atom stereocenters. The molecule has 0 radical (unpaired) electrons. The summed E-state index contributed by atoms with van der Waals surface area (Å²) in [6.45, 7) is 8.90. The second kappa shape index (κ2) is 12.8. The van der Waals surface area contributed by atoms with E-state index in [1.54, 1.807) is 0 Å². The average Bonchev–Trinajstić information content (AvgIpc) is 2.59. The summed E-state index contributed by atoms with van der Waals surface area (Å²) in [5.41, 5.74) is 5.92. The molecule has 0 saturated carbocycles. The van der Waals surface area contributed by atoms with E-state index in [4.69, 9.17) is 0 Å². The van der Waals surface area contributed by atoms with E-state index in [9.17, 15) is 0 Å². The Morgan fingerprint density at radius 1 is 0.500 bits per heavy atom. The standard InChI is InChI=1S/2C12H18.4H2/c1-3-6-11-8-5-9-12(10-11)7-4-2;1-3-5-11-7-9-12(6-4-2)10-8-11;;;;/h5,8-10H,3-4,6-7H2,1-2H3;7-10H,3-6H2,1-2H3;4*1H. The van der Waals surface area contributed by atoms with Crippen LogP contribution in [-0.4, -0.2) is 0 Å². The van der Waals surface area contributed by atoms with Crippen molar-refractivity contribution in [3.05, 3.63) is 70.8 Å². The van der Waals surface area contributed by atoms with Gasteiger partial charge < -0.3 is 0 Å². The van der Waals surface area contributed by atoms with Gasteiger partial charge in [-0.1, -0.05) is 102 Å². The predicted octanol–water partition coefficient (Wildman–Crippen LogP) is 8.17. The molecule has 0 N–H and O–H groups in total. The average molecular weight is 333 g/mol. The molecule has 2 aromatic carbocycles. The Balaban J connectivity index is -0.000000180. The van der Waals surface area contributed by atoms with Crippen LogP contribution in [-0.2, 0) is 25.7 Å². The third-order valence-corrected chi connectivity index (χ3v) is 4.17. The third-order valence-electron chi connectivity index (χ3n) is 4.17. The first-order chi connectivity index (χ1) is 11.7. The molecular formula is C24H44. The van der Waals surface area contributed by atoms with Crippen LogP contribution in [0.1, 0.15) is 81.3 Å². The summed E-state index contributed by atoms with van der Waals surface area (Å²) >= 11 is 0. The Labute approximate surface area is 156 Å². The molecular weight excluding hydrogens is 288 g/mol. The van der Waals surface area contributed by atoms with Gasteiger partial charge in [-0.25, -0.2) is 0 Å². The van der Waals surface area contributed by atoms with E-state index in [-0.39, 0.29) is 5.71 Å². The lowest BCUT2D eigenvalue weighted by atomic mass is 10.0. The molecule has 0 aliphatic heterocycles. The third kappa shape index (κ3) is 8.34. The number of rotatable bonds is 8. The zero-order valence-corrected chi connectivity index (χ0v) is 16.3. The van der Waals surface area contributed by atoms with Crippen molar-refractivity contribution in [2.75, 3.05) is 0 Å². The Kier molecular flexibility index (Phi) is 10.9. The fraction of sp³-hybridized carbons (Fsp3) is 0.500. The molecule has 0 nitrogen and oxygen atoms in total. The maximum Gasteiger partial charge on any atom is 0 e. The molecule has 0 fully saturated rings. The van der Waals surface area contributed by atoms with Crippen LogP contribution < -0.4 is 0 Å². The lowest BCUT2D eigenvalue weighted by Crippen LogP contribution is -1.87. The lowest BCUT2D eigenvalue weighted by Gasteiger charge is -2.02. The van der Waals surface area contributed by atoms with Crippen molar-refractivity contribution in [1.82, 2.24) is 0 Å². The van der Waals surface area contributed by atoms with Crippen molar-refractivity contribution in [3.63, 3.8) is 0 Å². The molecule has 0 amide bonds. The van der Waals surface area contributed by atoms with E-state index < -0.39 is 0 Å². The van der Waals surface area contributed by atoms with Crippen LogP contribution in [0.5, 0.6) is 0 Å². The first kappa shape index (κ1) is 20.5. The molecule has 0 aliphatic rings. The van der Waals surface area contributed by atoms with Gasteiger partial charge in [0.2, 0.25) is 0 Å². The monoisotopic (exact) mass is 332 g/mol. The summed E-state index contributed by atoms with van der Waals surface area (Å²) in [5.74, 6) is 0. The predicted molar refractivity (Wildman–Crippen MR) is 117 cm³/mol. The molecule has 140 valence electrons. The maximum atomic E-state index is 2.34. The van der Waals surface area contributed by atoms with Gasteiger partial charge in [0.05, 0.1) is 0 Å². The molecule has 24 heavy (non-hydrogen) atoms. The minimum atomic E-state index is 0.